The third-order valence-electron chi connectivity index (χ3n) is 3.08. The summed E-state index contributed by atoms with van der Waals surface area (Å²) < 4.78 is 24.5. The minimum atomic E-state index is -0.664. The van der Waals surface area contributed by atoms with Gasteiger partial charge in [-0.2, -0.15) is 0 Å². The molecule has 0 unspecified atom stereocenters. The first-order valence-corrected chi connectivity index (χ1v) is 7.22. The summed E-state index contributed by atoms with van der Waals surface area (Å²) in [5, 5.41) is 3.31. The maximum absolute atomic E-state index is 13.2. The van der Waals surface area contributed by atoms with Gasteiger partial charge in [0.15, 0.2) is 0 Å². The van der Waals surface area contributed by atoms with Crippen molar-refractivity contribution in [3.8, 4) is 0 Å². The average molecular weight is 256 g/mol. The molecule has 1 heterocycles. The van der Waals surface area contributed by atoms with Crippen molar-refractivity contribution < 1.29 is 8.60 Å². The lowest BCUT2D eigenvalue weighted by Crippen LogP contribution is -2.29. The first kappa shape index (κ1) is 12.4. The largest absolute Gasteiger partial charge is 0.397 e. The molecule has 0 aromatic heterocycles. The van der Waals surface area contributed by atoms with Gasteiger partial charge in [0.1, 0.15) is 5.82 Å². The Morgan fingerprint density at radius 3 is 2.71 bits per heavy atom. The highest BCUT2D eigenvalue weighted by molar-refractivity contribution is 7.85. The lowest BCUT2D eigenvalue weighted by Gasteiger charge is -2.24. The van der Waals surface area contributed by atoms with Gasteiger partial charge in [-0.15, -0.1) is 0 Å². The summed E-state index contributed by atoms with van der Waals surface area (Å²) in [5.41, 5.74) is 7.57. The van der Waals surface area contributed by atoms with Crippen molar-refractivity contribution in [2.24, 2.45) is 0 Å². The Kier molecular flexibility index (Phi) is 3.66. The summed E-state index contributed by atoms with van der Waals surface area (Å²) in [5.74, 6) is 1.19. The van der Waals surface area contributed by atoms with Crippen LogP contribution in [0.2, 0.25) is 0 Å². The molecule has 94 valence electrons. The predicted octanol–water partition coefficient (Wildman–Crippen LogP) is 2.04. The molecule has 0 bridgehead atoms. The van der Waals surface area contributed by atoms with E-state index in [1.807, 2.05) is 0 Å². The van der Waals surface area contributed by atoms with Crippen LogP contribution in [-0.2, 0) is 10.8 Å². The van der Waals surface area contributed by atoms with Crippen LogP contribution >= 0.6 is 0 Å². The quantitative estimate of drug-likeness (QED) is 0.796. The fourth-order valence-corrected chi connectivity index (χ4v) is 3.28. The van der Waals surface area contributed by atoms with E-state index in [-0.39, 0.29) is 5.82 Å². The van der Waals surface area contributed by atoms with Crippen LogP contribution in [0.1, 0.15) is 18.4 Å². The smallest absolute Gasteiger partial charge is 0.128 e. The van der Waals surface area contributed by atoms with Crippen LogP contribution in [0, 0.1) is 12.7 Å². The van der Waals surface area contributed by atoms with E-state index in [1.165, 1.54) is 6.07 Å². The summed E-state index contributed by atoms with van der Waals surface area (Å²) >= 11 is 0. The Hall–Kier alpha value is -1.10. The number of aryl methyl sites for hydroxylation is 1. The number of halogens is 1. The molecule has 1 aromatic rings. The number of nitrogen functional groups attached to an aromatic ring is 1. The van der Waals surface area contributed by atoms with Crippen molar-refractivity contribution in [1.29, 1.82) is 0 Å². The molecule has 5 heteroatoms. The molecule has 1 aliphatic rings. The number of hydrogen-bond donors (Lipinski definition) is 2. The molecule has 1 fully saturated rings. The molecular weight excluding hydrogens is 239 g/mol. The van der Waals surface area contributed by atoms with Gasteiger partial charge in [0.2, 0.25) is 0 Å². The second-order valence-corrected chi connectivity index (χ2v) is 6.15. The maximum atomic E-state index is 13.2. The molecule has 3 nitrogen and oxygen atoms in total. The summed E-state index contributed by atoms with van der Waals surface area (Å²) in [7, 11) is -0.664. The zero-order valence-corrected chi connectivity index (χ0v) is 10.6. The van der Waals surface area contributed by atoms with E-state index in [2.05, 4.69) is 5.32 Å². The van der Waals surface area contributed by atoms with Gasteiger partial charge in [0, 0.05) is 28.3 Å². The van der Waals surface area contributed by atoms with E-state index in [0.29, 0.717) is 17.3 Å². The normalized spacial score (nSPS) is 24.6. The monoisotopic (exact) mass is 256 g/mol. The molecule has 0 spiro atoms. The van der Waals surface area contributed by atoms with E-state index < -0.39 is 10.8 Å². The molecule has 0 amide bonds. The van der Waals surface area contributed by atoms with Gasteiger partial charge in [-0.1, -0.05) is 0 Å². The van der Waals surface area contributed by atoms with Crippen molar-refractivity contribution in [3.63, 3.8) is 0 Å². The van der Waals surface area contributed by atoms with Crippen LogP contribution < -0.4 is 11.1 Å². The Bertz CT molecular complexity index is 440. The van der Waals surface area contributed by atoms with Gasteiger partial charge in [0.25, 0.3) is 0 Å². The molecule has 0 saturated carbocycles. The number of rotatable bonds is 2. The van der Waals surface area contributed by atoms with Gasteiger partial charge < -0.3 is 11.1 Å². The van der Waals surface area contributed by atoms with E-state index in [9.17, 15) is 8.60 Å². The van der Waals surface area contributed by atoms with Gasteiger partial charge in [-0.3, -0.25) is 4.21 Å². The number of benzene rings is 1. The molecule has 2 rings (SSSR count). The lowest BCUT2D eigenvalue weighted by atomic mass is 10.1. The molecule has 1 aromatic carbocycles. The Morgan fingerprint density at radius 2 is 2.06 bits per heavy atom. The van der Waals surface area contributed by atoms with E-state index in [1.54, 1.807) is 13.0 Å². The number of nitrogens with one attached hydrogen (secondary N) is 1. The molecule has 0 aliphatic carbocycles. The first-order valence-electron chi connectivity index (χ1n) is 5.73. The second kappa shape index (κ2) is 5.04. The van der Waals surface area contributed by atoms with Crippen LogP contribution in [0.4, 0.5) is 15.8 Å². The van der Waals surface area contributed by atoms with Gasteiger partial charge in [-0.25, -0.2) is 4.39 Å². The van der Waals surface area contributed by atoms with Crippen LogP contribution in [-0.4, -0.2) is 21.8 Å². The molecule has 1 saturated heterocycles. The maximum Gasteiger partial charge on any atom is 0.128 e. The van der Waals surface area contributed by atoms with Crippen molar-refractivity contribution in [2.75, 3.05) is 22.6 Å². The van der Waals surface area contributed by atoms with Crippen LogP contribution in [0.15, 0.2) is 12.1 Å². The molecular formula is C12H17FN2OS. The lowest BCUT2D eigenvalue weighted by molar-refractivity contribution is 0.616. The third kappa shape index (κ3) is 2.97. The molecule has 1 aliphatic heterocycles. The number of nitrogens with two attached hydrogens (primary N) is 1. The topological polar surface area (TPSA) is 55.1 Å². The minimum absolute atomic E-state index is 0.280. The highest BCUT2D eigenvalue weighted by atomic mass is 32.2. The third-order valence-corrected chi connectivity index (χ3v) is 4.46. The van der Waals surface area contributed by atoms with Crippen LogP contribution in [0.5, 0.6) is 0 Å². The summed E-state index contributed by atoms with van der Waals surface area (Å²) in [6, 6.07) is 3.37. The van der Waals surface area contributed by atoms with Crippen LogP contribution in [0.25, 0.3) is 0 Å². The van der Waals surface area contributed by atoms with E-state index in [4.69, 9.17) is 5.73 Å². The van der Waals surface area contributed by atoms with E-state index >= 15 is 0 Å². The average Bonchev–Trinajstić information content (AvgIpc) is 2.29. The van der Waals surface area contributed by atoms with Crippen molar-refractivity contribution in [3.05, 3.63) is 23.5 Å². The second-order valence-electron chi connectivity index (χ2n) is 4.46. The van der Waals surface area contributed by atoms with Crippen molar-refractivity contribution in [2.45, 2.75) is 25.8 Å². The Morgan fingerprint density at radius 1 is 1.41 bits per heavy atom. The highest BCUT2D eigenvalue weighted by Crippen LogP contribution is 2.25. The molecule has 17 heavy (non-hydrogen) atoms. The molecule has 0 atom stereocenters. The molecule has 0 radical (unpaired) electrons. The fourth-order valence-electron chi connectivity index (χ4n) is 1.98. The zero-order valence-electron chi connectivity index (χ0n) is 9.83. The Balaban J connectivity index is 2.08. The van der Waals surface area contributed by atoms with Gasteiger partial charge in [-0.05, 0) is 37.5 Å². The SMILES string of the molecule is Cc1cc(NC2CCS(=O)CC2)c(N)cc1F. The summed E-state index contributed by atoms with van der Waals surface area (Å²) in [6.07, 6.45) is 1.75. The summed E-state index contributed by atoms with van der Waals surface area (Å²) in [4.78, 5) is 0. The van der Waals surface area contributed by atoms with Gasteiger partial charge in [0.05, 0.1) is 11.4 Å². The number of hydrogen-bond acceptors (Lipinski definition) is 3. The molecule has 3 N–H and O–H groups in total. The van der Waals surface area contributed by atoms with Gasteiger partial charge >= 0.3 is 0 Å². The fraction of sp³-hybridized carbons (Fsp3) is 0.500. The first-order chi connectivity index (χ1) is 8.06. The van der Waals surface area contributed by atoms with Crippen molar-refractivity contribution >= 4 is 22.2 Å². The highest BCUT2D eigenvalue weighted by Gasteiger charge is 2.18. The standard InChI is InChI=1S/C12H17FN2OS/c1-8-6-12(11(14)7-10(8)13)15-9-2-4-17(16)5-3-9/h6-7,9,15H,2-5,14H2,1H3. The van der Waals surface area contributed by atoms with Crippen LogP contribution in [0.3, 0.4) is 0 Å². The number of anilines is 2. The Labute approximate surface area is 103 Å². The minimum Gasteiger partial charge on any atom is -0.397 e. The summed E-state index contributed by atoms with van der Waals surface area (Å²) in [6.45, 7) is 1.72. The van der Waals surface area contributed by atoms with Crippen molar-refractivity contribution in [1.82, 2.24) is 0 Å². The predicted molar refractivity (Wildman–Crippen MR) is 70.1 cm³/mol. The zero-order chi connectivity index (χ0) is 12.4. The van der Waals surface area contributed by atoms with E-state index in [0.717, 1.165) is 30.0 Å².